The topological polar surface area (TPSA) is 38.3 Å². The maximum absolute atomic E-state index is 12.1. The number of amides is 1. The van der Waals surface area contributed by atoms with E-state index in [4.69, 9.17) is 0 Å². The van der Waals surface area contributed by atoms with Gasteiger partial charge in [-0.05, 0) is 42.8 Å². The van der Waals surface area contributed by atoms with Crippen molar-refractivity contribution in [3.63, 3.8) is 0 Å². The lowest BCUT2D eigenvalue weighted by Crippen LogP contribution is -2.17. The normalized spacial score (nSPS) is 11.9. The zero-order valence-corrected chi connectivity index (χ0v) is 12.2. The maximum Gasteiger partial charge on any atom is 0.573 e. The van der Waals surface area contributed by atoms with E-state index in [0.717, 1.165) is 17.7 Å². The first kappa shape index (κ1) is 16.6. The van der Waals surface area contributed by atoms with Gasteiger partial charge < -0.3 is 10.1 Å². The molecule has 1 N–H and O–H groups in total. The molecule has 120 valence electrons. The number of alkyl halides is 3. The third kappa shape index (κ3) is 5.50. The molecule has 0 bridgehead atoms. The van der Waals surface area contributed by atoms with Crippen LogP contribution in [-0.2, 0) is 4.79 Å². The molecule has 0 fully saturated rings. The number of nitrogens with one attached hydrogen (secondary N) is 1. The molecule has 0 unspecified atom stereocenters. The van der Waals surface area contributed by atoms with E-state index in [1.54, 1.807) is 13.0 Å². The van der Waals surface area contributed by atoms with Crippen molar-refractivity contribution in [1.82, 2.24) is 0 Å². The van der Waals surface area contributed by atoms with Gasteiger partial charge >= 0.3 is 6.36 Å². The number of hydrogen-bond donors (Lipinski definition) is 1. The molecular weight excluding hydrogens is 307 g/mol. The van der Waals surface area contributed by atoms with Crippen molar-refractivity contribution in [2.45, 2.75) is 13.3 Å². The van der Waals surface area contributed by atoms with Crippen LogP contribution in [0.5, 0.6) is 5.75 Å². The van der Waals surface area contributed by atoms with E-state index in [1.165, 1.54) is 12.1 Å². The second kappa shape index (κ2) is 7.00. The van der Waals surface area contributed by atoms with Gasteiger partial charge in [-0.2, -0.15) is 0 Å². The summed E-state index contributed by atoms with van der Waals surface area (Å²) in [4.78, 5) is 12.0. The van der Waals surface area contributed by atoms with Crippen LogP contribution in [0, 0.1) is 0 Å². The van der Waals surface area contributed by atoms with Crippen LogP contribution in [0.4, 0.5) is 18.9 Å². The van der Waals surface area contributed by atoms with Gasteiger partial charge in [-0.1, -0.05) is 30.3 Å². The molecule has 0 heterocycles. The van der Waals surface area contributed by atoms with Gasteiger partial charge in [0.1, 0.15) is 5.75 Å². The minimum absolute atomic E-state index is 0.335. The predicted octanol–water partition coefficient (Wildman–Crippen LogP) is 4.63. The van der Waals surface area contributed by atoms with Gasteiger partial charge in [0.05, 0.1) is 0 Å². The SMILES string of the molecule is C/C(=C\c1ccccc1)C(=O)Nc1ccc(OC(F)(F)F)cc1. The molecule has 23 heavy (non-hydrogen) atoms. The first-order valence-corrected chi connectivity index (χ1v) is 6.74. The average Bonchev–Trinajstić information content (AvgIpc) is 2.48. The highest BCUT2D eigenvalue weighted by Gasteiger charge is 2.30. The van der Waals surface area contributed by atoms with Crippen molar-refractivity contribution < 1.29 is 22.7 Å². The Morgan fingerprint density at radius 2 is 1.65 bits per heavy atom. The number of hydrogen-bond acceptors (Lipinski definition) is 2. The number of halogens is 3. The summed E-state index contributed by atoms with van der Waals surface area (Å²) in [6, 6.07) is 14.3. The van der Waals surface area contributed by atoms with E-state index in [-0.39, 0.29) is 11.7 Å². The molecule has 0 aromatic heterocycles. The van der Waals surface area contributed by atoms with Crippen molar-refractivity contribution in [3.05, 3.63) is 65.7 Å². The molecule has 0 saturated heterocycles. The van der Waals surface area contributed by atoms with E-state index < -0.39 is 6.36 Å². The summed E-state index contributed by atoms with van der Waals surface area (Å²) in [7, 11) is 0. The molecule has 0 radical (unpaired) electrons. The number of carbonyl (C=O) groups is 1. The van der Waals surface area contributed by atoms with Crippen LogP contribution in [0.25, 0.3) is 6.08 Å². The minimum Gasteiger partial charge on any atom is -0.406 e. The van der Waals surface area contributed by atoms with Gasteiger partial charge in [-0.25, -0.2) is 0 Å². The molecule has 0 saturated carbocycles. The molecule has 0 atom stereocenters. The van der Waals surface area contributed by atoms with Gasteiger partial charge in [-0.3, -0.25) is 4.79 Å². The van der Waals surface area contributed by atoms with Gasteiger partial charge in [-0.15, -0.1) is 13.2 Å². The number of ether oxygens (including phenoxy) is 1. The maximum atomic E-state index is 12.1. The van der Waals surface area contributed by atoms with E-state index in [2.05, 4.69) is 10.1 Å². The Hall–Kier alpha value is -2.76. The van der Waals surface area contributed by atoms with E-state index >= 15 is 0 Å². The molecule has 0 aliphatic rings. The largest absolute Gasteiger partial charge is 0.573 e. The third-order valence-electron chi connectivity index (χ3n) is 2.89. The fraction of sp³-hybridized carbons (Fsp3) is 0.118. The summed E-state index contributed by atoms with van der Waals surface area (Å²) >= 11 is 0. The van der Waals surface area contributed by atoms with Crippen molar-refractivity contribution >= 4 is 17.7 Å². The van der Waals surface area contributed by atoms with Gasteiger partial charge in [0.25, 0.3) is 5.91 Å². The summed E-state index contributed by atoms with van der Waals surface area (Å²) in [5.41, 5.74) is 1.74. The van der Waals surface area contributed by atoms with Gasteiger partial charge in [0.15, 0.2) is 0 Å². The smallest absolute Gasteiger partial charge is 0.406 e. The number of benzene rings is 2. The average molecular weight is 321 g/mol. The monoisotopic (exact) mass is 321 g/mol. The highest BCUT2D eigenvalue weighted by molar-refractivity contribution is 6.06. The first-order valence-electron chi connectivity index (χ1n) is 6.74. The van der Waals surface area contributed by atoms with E-state index in [1.807, 2.05) is 30.3 Å². The van der Waals surface area contributed by atoms with Gasteiger partial charge in [0, 0.05) is 11.3 Å². The quantitative estimate of drug-likeness (QED) is 0.834. The Morgan fingerprint density at radius 3 is 2.22 bits per heavy atom. The summed E-state index contributed by atoms with van der Waals surface area (Å²) in [5, 5.41) is 2.61. The standard InChI is InChI=1S/C17H14F3NO2/c1-12(11-13-5-3-2-4-6-13)16(22)21-14-7-9-15(10-8-14)23-17(18,19)20/h2-11H,1H3,(H,21,22)/b12-11+. The zero-order valence-electron chi connectivity index (χ0n) is 12.2. The lowest BCUT2D eigenvalue weighted by atomic mass is 10.1. The van der Waals surface area contributed by atoms with Crippen LogP contribution < -0.4 is 10.1 Å². The highest BCUT2D eigenvalue weighted by atomic mass is 19.4. The second-order valence-electron chi connectivity index (χ2n) is 4.76. The molecule has 0 aliphatic carbocycles. The molecule has 0 aliphatic heterocycles. The molecule has 2 rings (SSSR count). The summed E-state index contributed by atoms with van der Waals surface area (Å²) in [6.07, 6.45) is -3.02. The fourth-order valence-corrected chi connectivity index (χ4v) is 1.83. The molecule has 2 aromatic rings. The summed E-state index contributed by atoms with van der Waals surface area (Å²) < 4.78 is 40.0. The van der Waals surface area contributed by atoms with E-state index in [9.17, 15) is 18.0 Å². The number of anilines is 1. The molecule has 1 amide bonds. The second-order valence-corrected chi connectivity index (χ2v) is 4.76. The Labute approximate surface area is 131 Å². The van der Waals surface area contributed by atoms with Crippen molar-refractivity contribution in [2.24, 2.45) is 0 Å². The van der Waals surface area contributed by atoms with Crippen molar-refractivity contribution in [1.29, 1.82) is 0 Å². The van der Waals surface area contributed by atoms with Crippen LogP contribution in [0.2, 0.25) is 0 Å². The van der Waals surface area contributed by atoms with Crippen LogP contribution in [0.3, 0.4) is 0 Å². The third-order valence-corrected chi connectivity index (χ3v) is 2.89. The van der Waals surface area contributed by atoms with Crippen LogP contribution >= 0.6 is 0 Å². The number of carbonyl (C=O) groups excluding carboxylic acids is 1. The zero-order chi connectivity index (χ0) is 16.9. The first-order chi connectivity index (χ1) is 10.8. The van der Waals surface area contributed by atoms with Crippen molar-refractivity contribution in [2.75, 3.05) is 5.32 Å². The Balaban J connectivity index is 2.01. The molecule has 2 aromatic carbocycles. The lowest BCUT2D eigenvalue weighted by Gasteiger charge is -2.10. The minimum atomic E-state index is -4.74. The summed E-state index contributed by atoms with van der Waals surface area (Å²) in [5.74, 6) is -0.676. The molecule has 6 heteroatoms. The predicted molar refractivity (Wildman–Crippen MR) is 81.8 cm³/mol. The highest BCUT2D eigenvalue weighted by Crippen LogP contribution is 2.24. The Kier molecular flexibility index (Phi) is 5.05. The summed E-state index contributed by atoms with van der Waals surface area (Å²) in [6.45, 7) is 1.66. The Bertz CT molecular complexity index is 692. The fourth-order valence-electron chi connectivity index (χ4n) is 1.83. The molecular formula is C17H14F3NO2. The van der Waals surface area contributed by atoms with Crippen LogP contribution in [0.1, 0.15) is 12.5 Å². The lowest BCUT2D eigenvalue weighted by molar-refractivity contribution is -0.274. The molecule has 0 spiro atoms. The van der Waals surface area contributed by atoms with Gasteiger partial charge in [0.2, 0.25) is 0 Å². The molecule has 3 nitrogen and oxygen atoms in total. The Morgan fingerprint density at radius 1 is 1.04 bits per heavy atom. The van der Waals surface area contributed by atoms with Crippen molar-refractivity contribution in [3.8, 4) is 5.75 Å². The van der Waals surface area contributed by atoms with Crippen LogP contribution in [-0.4, -0.2) is 12.3 Å². The van der Waals surface area contributed by atoms with E-state index in [0.29, 0.717) is 11.3 Å². The van der Waals surface area contributed by atoms with Crippen LogP contribution in [0.15, 0.2) is 60.2 Å². The number of rotatable bonds is 4.